The Bertz CT molecular complexity index is 650. The van der Waals surface area contributed by atoms with Crippen molar-refractivity contribution in [1.29, 1.82) is 0 Å². The highest BCUT2D eigenvalue weighted by atomic mass is 16.6. The maximum Gasteiger partial charge on any atom is 0.296 e. The number of hydrogen-bond acceptors (Lipinski definition) is 6. The summed E-state index contributed by atoms with van der Waals surface area (Å²) in [5.74, 6) is -1.68. The monoisotopic (exact) mass is 369 g/mol. The number of hydrogen-bond donors (Lipinski definition) is 3. The van der Waals surface area contributed by atoms with Gasteiger partial charge in [-0.1, -0.05) is 0 Å². The number of quaternary nitrogens is 2. The standard InChI is InChI=1S/C16H24N4O6/c1-4-26-11-5-6-12(14(9-11)20(24)25)18-15(21)10-13(16(22)23)17-7-8-19(2)3/h5-6,9,13,17H,4,7-8,10H2,1-3H3,(H,18,21)(H,22,23)/p+1/t13-/m0/s1. The highest BCUT2D eigenvalue weighted by Crippen LogP contribution is 2.29. The first-order valence-electron chi connectivity index (χ1n) is 8.28. The van der Waals surface area contributed by atoms with E-state index in [1.54, 1.807) is 6.92 Å². The Kier molecular flexibility index (Phi) is 8.46. The van der Waals surface area contributed by atoms with Gasteiger partial charge in [0.1, 0.15) is 30.6 Å². The fourth-order valence-corrected chi connectivity index (χ4v) is 2.26. The lowest BCUT2D eigenvalue weighted by molar-refractivity contribution is -0.876. The predicted molar refractivity (Wildman–Crippen MR) is 90.8 cm³/mol. The van der Waals surface area contributed by atoms with Crippen molar-refractivity contribution in [2.24, 2.45) is 0 Å². The van der Waals surface area contributed by atoms with E-state index >= 15 is 0 Å². The van der Waals surface area contributed by atoms with Gasteiger partial charge in [0.25, 0.3) is 5.69 Å². The molecule has 10 nitrogen and oxygen atoms in total. The van der Waals surface area contributed by atoms with Crippen molar-refractivity contribution < 1.29 is 34.6 Å². The van der Waals surface area contributed by atoms with E-state index in [2.05, 4.69) is 5.32 Å². The van der Waals surface area contributed by atoms with Gasteiger partial charge < -0.3 is 30.2 Å². The molecule has 1 rings (SSSR count). The molecule has 1 atom stereocenters. The molecule has 0 saturated heterocycles. The number of carboxylic acid groups (broad SMARTS) is 1. The van der Waals surface area contributed by atoms with Gasteiger partial charge in [-0.2, -0.15) is 0 Å². The zero-order chi connectivity index (χ0) is 19.7. The lowest BCUT2D eigenvalue weighted by Gasteiger charge is -2.17. The first-order valence-corrected chi connectivity index (χ1v) is 8.28. The molecule has 0 fully saturated rings. The Morgan fingerprint density at radius 2 is 2.08 bits per heavy atom. The molecule has 0 aliphatic rings. The largest absolute Gasteiger partial charge is 0.544 e. The number of nitrogens with two attached hydrogens (primary N) is 1. The number of nitrogens with one attached hydrogen (secondary N) is 2. The third-order valence-electron chi connectivity index (χ3n) is 3.55. The van der Waals surface area contributed by atoms with Gasteiger partial charge in [0.2, 0.25) is 5.91 Å². The first kappa shape index (κ1) is 21.3. The summed E-state index contributed by atoms with van der Waals surface area (Å²) in [6, 6.07) is 3.00. The maximum atomic E-state index is 12.1. The fourth-order valence-electron chi connectivity index (χ4n) is 2.26. The van der Waals surface area contributed by atoms with Crippen molar-refractivity contribution >= 4 is 23.3 Å². The molecule has 144 valence electrons. The van der Waals surface area contributed by atoms with Crippen LogP contribution >= 0.6 is 0 Å². The molecular formula is C16H25N4O6+. The molecule has 26 heavy (non-hydrogen) atoms. The topological polar surface area (TPSA) is 143 Å². The van der Waals surface area contributed by atoms with Gasteiger partial charge in [-0.3, -0.25) is 14.9 Å². The SMILES string of the molecule is CCOc1ccc(NC(=O)C[C@H]([NH2+]CC[NH+](C)C)C(=O)[O-])c([N+](=O)[O-])c1. The molecule has 0 radical (unpaired) electrons. The van der Waals surface area contributed by atoms with E-state index < -0.39 is 22.8 Å². The molecular weight excluding hydrogens is 344 g/mol. The van der Waals surface area contributed by atoms with Crippen molar-refractivity contribution in [2.45, 2.75) is 19.4 Å². The van der Waals surface area contributed by atoms with Crippen LogP contribution in [0, 0.1) is 10.1 Å². The van der Waals surface area contributed by atoms with Crippen LogP contribution in [0.25, 0.3) is 0 Å². The molecule has 0 aromatic heterocycles. The molecule has 0 aliphatic heterocycles. The predicted octanol–water partition coefficient (Wildman–Crippen LogP) is -2.85. The number of likely N-dealkylation sites (N-methyl/N-ethyl adjacent to an activating group) is 1. The molecule has 1 amide bonds. The normalized spacial score (nSPS) is 11.8. The number of carbonyl (C=O) groups excluding carboxylic acids is 2. The van der Waals surface area contributed by atoms with E-state index in [4.69, 9.17) is 4.74 Å². The van der Waals surface area contributed by atoms with Crippen molar-refractivity contribution in [3.8, 4) is 5.75 Å². The van der Waals surface area contributed by atoms with Crippen LogP contribution in [0.15, 0.2) is 18.2 Å². The Labute approximate surface area is 151 Å². The van der Waals surface area contributed by atoms with Crippen LogP contribution in [0.3, 0.4) is 0 Å². The lowest BCUT2D eigenvalue weighted by atomic mass is 10.2. The average Bonchev–Trinajstić information content (AvgIpc) is 2.54. The summed E-state index contributed by atoms with van der Waals surface area (Å²) in [7, 11) is 3.86. The number of benzene rings is 1. The zero-order valence-electron chi connectivity index (χ0n) is 15.1. The molecule has 0 aliphatic carbocycles. The fraction of sp³-hybridized carbons (Fsp3) is 0.500. The number of nitro groups is 1. The van der Waals surface area contributed by atoms with Crippen LogP contribution in [-0.4, -0.2) is 56.6 Å². The van der Waals surface area contributed by atoms with E-state index in [9.17, 15) is 24.8 Å². The van der Waals surface area contributed by atoms with Gasteiger partial charge in [0.15, 0.2) is 0 Å². The van der Waals surface area contributed by atoms with E-state index in [0.29, 0.717) is 18.9 Å². The number of anilines is 1. The van der Waals surface area contributed by atoms with Crippen LogP contribution in [0.5, 0.6) is 5.75 Å². The molecule has 1 aromatic rings. The maximum absolute atomic E-state index is 12.1. The number of aliphatic carboxylic acids is 1. The second-order valence-electron chi connectivity index (χ2n) is 6.03. The summed E-state index contributed by atoms with van der Waals surface area (Å²) < 4.78 is 5.21. The first-order chi connectivity index (χ1) is 12.2. The number of ether oxygens (including phenoxy) is 1. The Balaban J connectivity index is 2.78. The molecule has 10 heteroatoms. The van der Waals surface area contributed by atoms with Crippen molar-refractivity contribution in [3.63, 3.8) is 0 Å². The molecule has 4 N–H and O–H groups in total. The van der Waals surface area contributed by atoms with E-state index in [-0.39, 0.29) is 17.8 Å². The quantitative estimate of drug-likeness (QED) is 0.283. The summed E-state index contributed by atoms with van der Waals surface area (Å²) in [6.07, 6.45) is -0.352. The highest BCUT2D eigenvalue weighted by molar-refractivity contribution is 5.95. The van der Waals surface area contributed by atoms with Gasteiger partial charge in [-0.05, 0) is 19.1 Å². The lowest BCUT2D eigenvalue weighted by Crippen LogP contribution is -3.10. The summed E-state index contributed by atoms with van der Waals surface area (Å²) in [5.41, 5.74) is -0.340. The molecule has 0 bridgehead atoms. The third-order valence-corrected chi connectivity index (χ3v) is 3.55. The minimum atomic E-state index is -1.35. The van der Waals surface area contributed by atoms with E-state index in [1.165, 1.54) is 23.5 Å². The minimum absolute atomic E-state index is 0.0155. The van der Waals surface area contributed by atoms with Crippen LogP contribution < -0.4 is 25.4 Å². The van der Waals surface area contributed by atoms with Crippen LogP contribution in [0.1, 0.15) is 13.3 Å². The number of nitrogens with zero attached hydrogens (tertiary/aromatic N) is 1. The summed E-state index contributed by atoms with van der Waals surface area (Å²) in [4.78, 5) is 35.0. The summed E-state index contributed by atoms with van der Waals surface area (Å²) >= 11 is 0. The number of nitro benzene ring substituents is 1. The molecule has 0 unspecified atom stereocenters. The summed E-state index contributed by atoms with van der Waals surface area (Å²) in [5, 5.41) is 26.3. The second kappa shape index (κ2) is 10.3. The van der Waals surface area contributed by atoms with Gasteiger partial charge >= 0.3 is 0 Å². The third kappa shape index (κ3) is 7.03. The van der Waals surface area contributed by atoms with Crippen LogP contribution in [0.2, 0.25) is 0 Å². The van der Waals surface area contributed by atoms with Crippen molar-refractivity contribution in [2.75, 3.05) is 39.1 Å². The van der Waals surface area contributed by atoms with Crippen molar-refractivity contribution in [1.82, 2.24) is 0 Å². The molecule has 0 spiro atoms. The number of amides is 1. The Morgan fingerprint density at radius 3 is 2.62 bits per heavy atom. The smallest absolute Gasteiger partial charge is 0.296 e. The average molecular weight is 369 g/mol. The second-order valence-corrected chi connectivity index (χ2v) is 6.03. The summed E-state index contributed by atoms with van der Waals surface area (Å²) in [6.45, 7) is 3.32. The van der Waals surface area contributed by atoms with E-state index in [0.717, 1.165) is 11.4 Å². The van der Waals surface area contributed by atoms with Gasteiger partial charge in [-0.15, -0.1) is 0 Å². The van der Waals surface area contributed by atoms with Gasteiger partial charge in [0.05, 0.1) is 44.1 Å². The number of rotatable bonds is 11. The Morgan fingerprint density at radius 1 is 1.38 bits per heavy atom. The number of carboxylic acids is 1. The van der Waals surface area contributed by atoms with Crippen LogP contribution in [-0.2, 0) is 9.59 Å². The minimum Gasteiger partial charge on any atom is -0.544 e. The van der Waals surface area contributed by atoms with Gasteiger partial charge in [0, 0.05) is 0 Å². The number of carbonyl (C=O) groups is 2. The zero-order valence-corrected chi connectivity index (χ0v) is 15.1. The molecule has 0 saturated carbocycles. The van der Waals surface area contributed by atoms with Gasteiger partial charge in [-0.25, -0.2) is 0 Å². The van der Waals surface area contributed by atoms with Crippen LogP contribution in [0.4, 0.5) is 11.4 Å². The van der Waals surface area contributed by atoms with Crippen molar-refractivity contribution in [3.05, 3.63) is 28.3 Å². The molecule has 0 heterocycles. The Hall–Kier alpha value is -2.72. The molecule has 1 aromatic carbocycles. The van der Waals surface area contributed by atoms with E-state index in [1.807, 2.05) is 14.1 Å². The highest BCUT2D eigenvalue weighted by Gasteiger charge is 2.22.